The first-order chi connectivity index (χ1) is 34.9. The predicted molar refractivity (Wildman–Crippen MR) is 311 cm³/mol. The lowest BCUT2D eigenvalue weighted by molar-refractivity contribution is -0.0465. The number of fused-ring (bicyclic) bond motifs is 7. The standard InChI is InChI=1S/C38H58N2O.C11H13F.C8H16.C6H12O.C3H8.C2H6/c1-5-27(20-30(25-40)18-26(2)13-16-39)19-29-11-14-37(3)32(22-29)9-10-33-34(37)12-15-38(4)35-23-28(8-6-7-17-41)21-31(35)24-36(33)38;1-4-9-5-7-10(8-6-9)11(2,3)12;1-7-3-5-8(2)6-4-7;1-2-6-4-3-5-7-6;1-3-2;1-2/h5,9,26-31,33-36,41H,1,6-8,10-15,17-24H2,2-4H3;4-8H,1H2,2-3H3;7-8H,3-6H2,1-2H3;6H,2-5H2,1H3;3H2,1-2H3;1-2H3. The number of hydrogen-bond acceptors (Lipinski definition) is 4. The van der Waals surface area contributed by atoms with Gasteiger partial charge in [-0.2, -0.15) is 10.5 Å². The number of ether oxygens (including phenoxy) is 1. The van der Waals surface area contributed by atoms with Crippen molar-refractivity contribution in [3.8, 4) is 12.1 Å². The van der Waals surface area contributed by atoms with E-state index in [1.807, 2.05) is 26.0 Å². The number of aliphatic hydroxyl groups excluding tert-OH is 1. The van der Waals surface area contributed by atoms with E-state index in [1.54, 1.807) is 37.6 Å². The zero-order valence-electron chi connectivity index (χ0n) is 49.5. The average molecular weight is 1010 g/mol. The van der Waals surface area contributed by atoms with Gasteiger partial charge in [-0.15, -0.1) is 6.58 Å². The second-order valence-electron chi connectivity index (χ2n) is 25.5. The van der Waals surface area contributed by atoms with Crippen molar-refractivity contribution in [3.63, 3.8) is 0 Å². The molecule has 0 spiro atoms. The number of nitriles is 2. The Labute approximate surface area is 451 Å². The first-order valence-electron chi connectivity index (χ1n) is 30.7. The molecule has 13 unspecified atom stereocenters. The van der Waals surface area contributed by atoms with Crippen LogP contribution in [0.15, 0.2) is 55.1 Å². The van der Waals surface area contributed by atoms with Crippen LogP contribution >= 0.6 is 0 Å². The zero-order valence-corrected chi connectivity index (χ0v) is 49.5. The number of halogens is 1. The van der Waals surface area contributed by atoms with Crippen LogP contribution < -0.4 is 0 Å². The molecule has 1 aliphatic heterocycles. The molecule has 1 N–H and O–H groups in total. The molecule has 6 fully saturated rings. The van der Waals surface area contributed by atoms with Gasteiger partial charge >= 0.3 is 0 Å². The predicted octanol–water partition coefficient (Wildman–Crippen LogP) is 20.0. The second kappa shape index (κ2) is 32.8. The minimum absolute atomic E-state index is 0.0307. The molecule has 1 saturated heterocycles. The Balaban J connectivity index is 0.000000352. The van der Waals surface area contributed by atoms with Crippen molar-refractivity contribution in [1.82, 2.24) is 0 Å². The van der Waals surface area contributed by atoms with Crippen molar-refractivity contribution in [1.29, 1.82) is 10.5 Å². The van der Waals surface area contributed by atoms with Gasteiger partial charge < -0.3 is 9.84 Å². The largest absolute Gasteiger partial charge is 0.396 e. The Bertz CT molecular complexity index is 1790. The van der Waals surface area contributed by atoms with Crippen molar-refractivity contribution >= 4 is 6.08 Å². The maximum atomic E-state index is 13.3. The van der Waals surface area contributed by atoms with Gasteiger partial charge in [0, 0.05) is 25.6 Å². The van der Waals surface area contributed by atoms with E-state index >= 15 is 0 Å². The molecule has 0 bridgehead atoms. The van der Waals surface area contributed by atoms with E-state index in [-0.39, 0.29) is 5.92 Å². The van der Waals surface area contributed by atoms with Crippen molar-refractivity contribution < 1.29 is 14.2 Å². The maximum Gasteiger partial charge on any atom is 0.130 e. The van der Waals surface area contributed by atoms with Crippen LogP contribution in [0.3, 0.4) is 0 Å². The lowest BCUT2D eigenvalue weighted by atomic mass is 9.46. The Morgan fingerprint density at radius 1 is 0.863 bits per heavy atom. The van der Waals surface area contributed by atoms with Gasteiger partial charge in [-0.1, -0.05) is 169 Å². The normalized spacial score (nSPS) is 32.8. The molecule has 0 radical (unpaired) electrons. The van der Waals surface area contributed by atoms with Crippen molar-refractivity contribution in [2.45, 2.75) is 249 Å². The lowest BCUT2D eigenvalue weighted by Gasteiger charge is -2.58. The number of allylic oxidation sites excluding steroid dienone is 3. The summed E-state index contributed by atoms with van der Waals surface area (Å²) in [6.07, 6.45) is 37.7. The highest BCUT2D eigenvalue weighted by molar-refractivity contribution is 5.47. The van der Waals surface area contributed by atoms with E-state index in [4.69, 9.17) is 10.00 Å². The van der Waals surface area contributed by atoms with Gasteiger partial charge in [0.1, 0.15) is 5.67 Å². The summed E-state index contributed by atoms with van der Waals surface area (Å²) < 4.78 is 18.6. The second-order valence-corrected chi connectivity index (χ2v) is 25.5. The van der Waals surface area contributed by atoms with E-state index < -0.39 is 5.67 Å². The molecule has 0 aromatic heterocycles. The summed E-state index contributed by atoms with van der Waals surface area (Å²) in [6, 6.07) is 12.1. The zero-order chi connectivity index (χ0) is 54.2. The quantitative estimate of drug-likeness (QED) is 0.140. The third-order valence-electron chi connectivity index (χ3n) is 19.3. The Hall–Kier alpha value is -2.73. The van der Waals surface area contributed by atoms with Crippen LogP contribution in [0.4, 0.5) is 4.39 Å². The third kappa shape index (κ3) is 19.4. The molecule has 1 aromatic rings. The Morgan fingerprint density at radius 2 is 1.52 bits per heavy atom. The Kier molecular flexibility index (Phi) is 29.0. The molecule has 7 aliphatic rings. The molecule has 8 rings (SSSR count). The first-order valence-corrected chi connectivity index (χ1v) is 30.7. The molecule has 6 aliphatic carbocycles. The molecule has 5 heteroatoms. The summed E-state index contributed by atoms with van der Waals surface area (Å²) in [4.78, 5) is 0. The SMILES string of the molecule is C=CC(CC(C#N)CC(C)CC#N)CC1CCC2(C)C(=CCC3C2CCC2(C)C4CC(CCCCO)CC4CC32)C1.C=Cc1ccc(C(C)(C)F)cc1.CC.CC1CCC(C)CC1.CCC.CCC1CCCO1. The van der Waals surface area contributed by atoms with Crippen LogP contribution in [-0.2, 0) is 10.4 Å². The molecule has 1 heterocycles. The molecule has 5 saturated carbocycles. The fraction of sp³-hybridized carbons (Fsp3) is 0.794. The van der Waals surface area contributed by atoms with Crippen LogP contribution in [0.5, 0.6) is 0 Å². The van der Waals surface area contributed by atoms with Crippen LogP contribution in [0.2, 0.25) is 0 Å². The number of alkyl halides is 1. The number of unbranched alkanes of at least 4 members (excludes halogenated alkanes) is 1. The van der Waals surface area contributed by atoms with Gasteiger partial charge in [0.05, 0.1) is 18.2 Å². The number of benzene rings is 1. The summed E-state index contributed by atoms with van der Waals surface area (Å²) in [5.41, 5.74) is 3.21. The molecule has 414 valence electrons. The molecular weight excluding hydrogens is 896 g/mol. The van der Waals surface area contributed by atoms with Crippen LogP contribution in [0.1, 0.15) is 248 Å². The first kappa shape index (κ1) is 64.6. The average Bonchev–Trinajstić information content (AvgIpc) is 4.13. The molecule has 13 atom stereocenters. The third-order valence-corrected chi connectivity index (χ3v) is 19.3. The summed E-state index contributed by atoms with van der Waals surface area (Å²) >= 11 is 0. The van der Waals surface area contributed by atoms with Crippen molar-refractivity contribution in [2.75, 3.05) is 13.2 Å². The fourth-order valence-electron chi connectivity index (χ4n) is 15.0. The lowest BCUT2D eigenvalue weighted by Crippen LogP contribution is -2.50. The smallest absolute Gasteiger partial charge is 0.130 e. The van der Waals surface area contributed by atoms with Gasteiger partial charge in [-0.05, 0) is 204 Å². The topological polar surface area (TPSA) is 77.0 Å². The van der Waals surface area contributed by atoms with E-state index in [0.717, 1.165) is 78.8 Å². The van der Waals surface area contributed by atoms with Crippen LogP contribution in [0.25, 0.3) is 6.08 Å². The van der Waals surface area contributed by atoms with E-state index in [1.165, 1.54) is 128 Å². The highest BCUT2D eigenvalue weighted by Crippen LogP contribution is 2.70. The van der Waals surface area contributed by atoms with E-state index in [9.17, 15) is 14.8 Å². The number of hydrogen-bond donors (Lipinski definition) is 1. The molecular formula is C68H113FN2O2. The highest BCUT2D eigenvalue weighted by Gasteiger charge is 2.62. The van der Waals surface area contributed by atoms with Gasteiger partial charge in [0.25, 0.3) is 0 Å². The van der Waals surface area contributed by atoms with E-state index in [2.05, 4.69) is 92.8 Å². The van der Waals surface area contributed by atoms with Crippen molar-refractivity contribution in [3.05, 3.63) is 66.3 Å². The van der Waals surface area contributed by atoms with Crippen LogP contribution in [0, 0.1) is 105 Å². The molecule has 0 amide bonds. The number of rotatable bonds is 15. The number of nitrogens with zero attached hydrogens (tertiary/aromatic N) is 2. The number of aliphatic hydroxyl groups is 1. The summed E-state index contributed by atoms with van der Waals surface area (Å²) in [5.74, 6) is 9.02. The summed E-state index contributed by atoms with van der Waals surface area (Å²) in [6.45, 7) is 34.9. The van der Waals surface area contributed by atoms with Crippen LogP contribution in [-0.4, -0.2) is 24.4 Å². The van der Waals surface area contributed by atoms with Gasteiger partial charge in [-0.3, -0.25) is 0 Å². The Morgan fingerprint density at radius 3 is 2.04 bits per heavy atom. The minimum Gasteiger partial charge on any atom is -0.396 e. The summed E-state index contributed by atoms with van der Waals surface area (Å²) in [7, 11) is 0. The monoisotopic (exact) mass is 1010 g/mol. The summed E-state index contributed by atoms with van der Waals surface area (Å²) in [5, 5.41) is 28.1. The molecule has 4 nitrogen and oxygen atoms in total. The fourth-order valence-corrected chi connectivity index (χ4v) is 15.0. The minimum atomic E-state index is -1.25. The highest BCUT2D eigenvalue weighted by atomic mass is 19.1. The van der Waals surface area contributed by atoms with Gasteiger partial charge in [0.2, 0.25) is 0 Å². The van der Waals surface area contributed by atoms with Crippen molar-refractivity contribution in [2.24, 2.45) is 81.8 Å². The molecule has 1 aromatic carbocycles. The van der Waals surface area contributed by atoms with E-state index in [0.29, 0.717) is 53.3 Å². The van der Waals surface area contributed by atoms with Gasteiger partial charge in [-0.25, -0.2) is 4.39 Å². The molecule has 73 heavy (non-hydrogen) atoms. The van der Waals surface area contributed by atoms with Gasteiger partial charge in [0.15, 0.2) is 0 Å². The maximum absolute atomic E-state index is 13.3.